The van der Waals surface area contributed by atoms with E-state index < -0.39 is 0 Å². The molecule has 2 N–H and O–H groups in total. The Bertz CT molecular complexity index is 278. The van der Waals surface area contributed by atoms with Crippen molar-refractivity contribution in [1.82, 2.24) is 4.98 Å². The number of rotatable bonds is 2. The Hall–Kier alpha value is -1.09. The van der Waals surface area contributed by atoms with E-state index in [9.17, 15) is 0 Å². The number of nitrogens with zero attached hydrogens (tertiary/aromatic N) is 1. The smallest absolute Gasteiger partial charge is 0.212 e. The van der Waals surface area contributed by atoms with Gasteiger partial charge in [0.2, 0.25) is 5.88 Å². The van der Waals surface area contributed by atoms with E-state index in [1.807, 2.05) is 12.3 Å². The first-order valence-electron chi connectivity index (χ1n) is 5.23. The first-order chi connectivity index (χ1) is 6.90. The molecule has 0 aromatic carbocycles. The highest BCUT2D eigenvalue weighted by Gasteiger charge is 2.18. The fourth-order valence-electron chi connectivity index (χ4n) is 1.98. The fraction of sp³-hybridized carbons (Fsp3) is 0.545. The minimum absolute atomic E-state index is 0.613. The van der Waals surface area contributed by atoms with Crippen LogP contribution >= 0.6 is 0 Å². The standard InChI is InChI=1S/C11H16N2O/c1-14-11-6-5-9(8-13-11)10-4-2-3-7-12-10/h5-6,8,10,12H,2-4,7H2,1H3/p+1/t10-/m0/s1. The molecule has 0 amide bonds. The van der Waals surface area contributed by atoms with Crippen molar-refractivity contribution in [3.05, 3.63) is 23.9 Å². The number of quaternary nitrogens is 1. The van der Waals surface area contributed by atoms with E-state index in [0.29, 0.717) is 11.9 Å². The monoisotopic (exact) mass is 193 g/mol. The second-order valence-electron chi connectivity index (χ2n) is 3.76. The van der Waals surface area contributed by atoms with E-state index in [0.717, 1.165) is 0 Å². The SMILES string of the molecule is COc1ccc([C@@H]2CCCC[NH2+]2)cn1. The minimum atomic E-state index is 0.613. The number of ether oxygens (including phenoxy) is 1. The van der Waals surface area contributed by atoms with Gasteiger partial charge in [-0.1, -0.05) is 0 Å². The quantitative estimate of drug-likeness (QED) is 0.757. The van der Waals surface area contributed by atoms with Crippen molar-refractivity contribution in [2.24, 2.45) is 0 Å². The third kappa shape index (κ3) is 2.04. The molecule has 2 rings (SSSR count). The van der Waals surface area contributed by atoms with Crippen molar-refractivity contribution in [3.63, 3.8) is 0 Å². The summed E-state index contributed by atoms with van der Waals surface area (Å²) in [4.78, 5) is 4.23. The molecule has 1 aromatic rings. The summed E-state index contributed by atoms with van der Waals surface area (Å²) < 4.78 is 5.04. The summed E-state index contributed by atoms with van der Waals surface area (Å²) in [5.41, 5.74) is 1.32. The summed E-state index contributed by atoms with van der Waals surface area (Å²) in [5.74, 6) is 0.699. The van der Waals surface area contributed by atoms with Gasteiger partial charge in [-0.25, -0.2) is 4.98 Å². The highest BCUT2D eigenvalue weighted by Crippen LogP contribution is 2.18. The van der Waals surface area contributed by atoms with Crippen molar-refractivity contribution in [2.75, 3.05) is 13.7 Å². The molecule has 0 saturated carbocycles. The summed E-state index contributed by atoms with van der Waals surface area (Å²) in [5, 5.41) is 2.41. The average molecular weight is 193 g/mol. The molecule has 1 aliphatic rings. The normalized spacial score (nSPS) is 21.9. The molecule has 0 radical (unpaired) electrons. The molecule has 1 aliphatic heterocycles. The lowest BCUT2D eigenvalue weighted by Crippen LogP contribution is -2.86. The molecule has 3 heteroatoms. The van der Waals surface area contributed by atoms with Gasteiger partial charge < -0.3 is 10.1 Å². The van der Waals surface area contributed by atoms with Gasteiger partial charge >= 0.3 is 0 Å². The van der Waals surface area contributed by atoms with Gasteiger partial charge in [0, 0.05) is 24.2 Å². The number of hydrogen-bond donors (Lipinski definition) is 1. The third-order valence-corrected chi connectivity index (χ3v) is 2.82. The van der Waals surface area contributed by atoms with Gasteiger partial charge in [-0.3, -0.25) is 0 Å². The Morgan fingerprint density at radius 3 is 2.93 bits per heavy atom. The van der Waals surface area contributed by atoms with E-state index in [2.05, 4.69) is 16.4 Å². The van der Waals surface area contributed by atoms with Crippen LogP contribution in [0.15, 0.2) is 18.3 Å². The lowest BCUT2D eigenvalue weighted by molar-refractivity contribution is -0.704. The van der Waals surface area contributed by atoms with Crippen LogP contribution in [0.4, 0.5) is 0 Å². The summed E-state index contributed by atoms with van der Waals surface area (Å²) in [6.45, 7) is 1.25. The lowest BCUT2D eigenvalue weighted by atomic mass is 9.99. The zero-order valence-corrected chi connectivity index (χ0v) is 8.57. The number of hydrogen-bond acceptors (Lipinski definition) is 2. The van der Waals surface area contributed by atoms with Gasteiger partial charge in [-0.15, -0.1) is 0 Å². The van der Waals surface area contributed by atoms with E-state index >= 15 is 0 Å². The van der Waals surface area contributed by atoms with Crippen molar-refractivity contribution >= 4 is 0 Å². The topological polar surface area (TPSA) is 38.7 Å². The van der Waals surface area contributed by atoms with Crippen molar-refractivity contribution in [3.8, 4) is 5.88 Å². The van der Waals surface area contributed by atoms with Crippen LogP contribution < -0.4 is 10.1 Å². The van der Waals surface area contributed by atoms with E-state index in [4.69, 9.17) is 4.74 Å². The molecule has 0 aliphatic carbocycles. The highest BCUT2D eigenvalue weighted by atomic mass is 16.5. The van der Waals surface area contributed by atoms with Crippen LogP contribution in [0.25, 0.3) is 0 Å². The van der Waals surface area contributed by atoms with Gasteiger partial charge in [-0.2, -0.15) is 0 Å². The molecular formula is C11H17N2O+. The van der Waals surface area contributed by atoms with Crippen molar-refractivity contribution in [2.45, 2.75) is 25.3 Å². The average Bonchev–Trinajstić information content (AvgIpc) is 2.30. The molecule has 14 heavy (non-hydrogen) atoms. The largest absolute Gasteiger partial charge is 0.481 e. The molecule has 3 nitrogen and oxygen atoms in total. The number of pyridine rings is 1. The number of aromatic nitrogens is 1. The Morgan fingerprint density at radius 2 is 2.36 bits per heavy atom. The van der Waals surface area contributed by atoms with Crippen LogP contribution in [0, 0.1) is 0 Å². The van der Waals surface area contributed by atoms with Gasteiger partial charge in [0.1, 0.15) is 6.04 Å². The Morgan fingerprint density at radius 1 is 1.43 bits per heavy atom. The van der Waals surface area contributed by atoms with Gasteiger partial charge in [0.25, 0.3) is 0 Å². The lowest BCUT2D eigenvalue weighted by Gasteiger charge is -2.20. The molecule has 2 heterocycles. The first-order valence-corrected chi connectivity index (χ1v) is 5.23. The molecule has 0 bridgehead atoms. The second-order valence-corrected chi connectivity index (χ2v) is 3.76. The summed E-state index contributed by atoms with van der Waals surface area (Å²) >= 11 is 0. The number of nitrogens with two attached hydrogens (primary N) is 1. The minimum Gasteiger partial charge on any atom is -0.481 e. The second kappa shape index (κ2) is 4.42. The molecule has 0 spiro atoms. The van der Waals surface area contributed by atoms with E-state index in [-0.39, 0.29) is 0 Å². The van der Waals surface area contributed by atoms with Gasteiger partial charge in [-0.05, 0) is 18.9 Å². The zero-order valence-electron chi connectivity index (χ0n) is 8.57. The van der Waals surface area contributed by atoms with Crippen molar-refractivity contribution in [1.29, 1.82) is 0 Å². The maximum Gasteiger partial charge on any atom is 0.212 e. The molecule has 1 aromatic heterocycles. The molecule has 0 unspecified atom stereocenters. The molecule has 1 atom stereocenters. The maximum atomic E-state index is 5.04. The third-order valence-electron chi connectivity index (χ3n) is 2.82. The van der Waals surface area contributed by atoms with Crippen LogP contribution in [-0.4, -0.2) is 18.6 Å². The van der Waals surface area contributed by atoms with Gasteiger partial charge in [0.15, 0.2) is 0 Å². The Balaban J connectivity index is 2.07. The molecular weight excluding hydrogens is 176 g/mol. The Kier molecular flexibility index (Phi) is 2.99. The predicted molar refractivity (Wildman–Crippen MR) is 54.2 cm³/mol. The summed E-state index contributed by atoms with van der Waals surface area (Å²) in [6, 6.07) is 4.68. The van der Waals surface area contributed by atoms with Gasteiger partial charge in [0.05, 0.1) is 13.7 Å². The zero-order chi connectivity index (χ0) is 9.80. The summed E-state index contributed by atoms with van der Waals surface area (Å²) in [7, 11) is 1.65. The van der Waals surface area contributed by atoms with Crippen molar-refractivity contribution < 1.29 is 10.1 Å². The van der Waals surface area contributed by atoms with Crippen LogP contribution in [0.1, 0.15) is 30.9 Å². The van der Waals surface area contributed by atoms with Crippen LogP contribution in [0.3, 0.4) is 0 Å². The molecule has 76 valence electrons. The first kappa shape index (κ1) is 9.46. The molecule has 1 fully saturated rings. The Labute approximate surface area is 84.5 Å². The number of methoxy groups -OCH3 is 1. The van der Waals surface area contributed by atoms with E-state index in [1.54, 1.807) is 7.11 Å². The maximum absolute atomic E-state index is 5.04. The predicted octanol–water partition coefficient (Wildman–Crippen LogP) is 0.879. The van der Waals surface area contributed by atoms with Crippen LogP contribution in [-0.2, 0) is 0 Å². The number of piperidine rings is 1. The molecule has 1 saturated heterocycles. The van der Waals surface area contributed by atoms with E-state index in [1.165, 1.54) is 31.4 Å². The van der Waals surface area contributed by atoms with Crippen LogP contribution in [0.2, 0.25) is 0 Å². The fourth-order valence-corrected chi connectivity index (χ4v) is 1.98. The highest BCUT2D eigenvalue weighted by molar-refractivity contribution is 5.19. The van der Waals surface area contributed by atoms with Crippen LogP contribution in [0.5, 0.6) is 5.88 Å². The summed E-state index contributed by atoms with van der Waals surface area (Å²) in [6.07, 6.45) is 5.90.